The second kappa shape index (κ2) is 7.18. The number of benzene rings is 2. The van der Waals surface area contributed by atoms with Crippen LogP contribution >= 0.6 is 11.8 Å². The van der Waals surface area contributed by atoms with E-state index in [4.69, 9.17) is 9.15 Å². The van der Waals surface area contributed by atoms with Crippen LogP contribution < -0.4 is 10.4 Å². The van der Waals surface area contributed by atoms with Gasteiger partial charge < -0.3 is 9.15 Å². The zero-order valence-electron chi connectivity index (χ0n) is 12.7. The van der Waals surface area contributed by atoms with Gasteiger partial charge in [-0.3, -0.25) is 14.9 Å². The number of rotatable bonds is 5. The van der Waals surface area contributed by atoms with Gasteiger partial charge in [-0.1, -0.05) is 0 Å². The Balaban J connectivity index is 1.62. The molecule has 0 spiro atoms. The molecular formula is C17H11NO6S. The number of carbonyl (C=O) groups is 1. The van der Waals surface area contributed by atoms with Crippen molar-refractivity contribution in [3.63, 3.8) is 0 Å². The third kappa shape index (κ3) is 4.24. The maximum Gasteiger partial charge on any atom is 0.336 e. The van der Waals surface area contributed by atoms with Crippen molar-refractivity contribution in [3.8, 4) is 5.75 Å². The molecular weight excluding hydrogens is 346 g/mol. The Morgan fingerprint density at radius 3 is 2.56 bits per heavy atom. The summed E-state index contributed by atoms with van der Waals surface area (Å²) in [4.78, 5) is 34.0. The van der Waals surface area contributed by atoms with Gasteiger partial charge in [0.05, 0.1) is 10.7 Å². The normalized spacial score (nSPS) is 10.6. The number of nitro benzene ring substituents is 1. The van der Waals surface area contributed by atoms with E-state index in [2.05, 4.69) is 0 Å². The summed E-state index contributed by atoms with van der Waals surface area (Å²) in [7, 11) is 0. The maximum atomic E-state index is 11.9. The molecule has 0 fully saturated rings. The molecule has 2 aromatic carbocycles. The summed E-state index contributed by atoms with van der Waals surface area (Å²) in [5, 5.41) is 11.3. The topological polar surface area (TPSA) is 99.6 Å². The number of fused-ring (bicyclic) bond motifs is 1. The number of ether oxygens (including phenoxy) is 1. The number of hydrogen-bond donors (Lipinski definition) is 0. The fourth-order valence-corrected chi connectivity index (χ4v) is 2.74. The van der Waals surface area contributed by atoms with Crippen molar-refractivity contribution in [2.45, 2.75) is 4.90 Å². The van der Waals surface area contributed by atoms with Gasteiger partial charge in [-0.05, 0) is 30.3 Å². The van der Waals surface area contributed by atoms with E-state index in [1.54, 1.807) is 30.3 Å². The molecule has 0 N–H and O–H groups in total. The van der Waals surface area contributed by atoms with Crippen molar-refractivity contribution in [2.24, 2.45) is 0 Å². The highest BCUT2D eigenvalue weighted by molar-refractivity contribution is 8.00. The van der Waals surface area contributed by atoms with E-state index in [9.17, 15) is 19.7 Å². The van der Waals surface area contributed by atoms with Crippen LogP contribution in [-0.4, -0.2) is 16.6 Å². The smallest absolute Gasteiger partial charge is 0.336 e. The van der Waals surface area contributed by atoms with Crippen molar-refractivity contribution in [2.75, 3.05) is 5.75 Å². The highest BCUT2D eigenvalue weighted by Gasteiger charge is 2.09. The van der Waals surface area contributed by atoms with Crippen LogP contribution in [0.3, 0.4) is 0 Å². The second-order valence-electron chi connectivity index (χ2n) is 4.97. The lowest BCUT2D eigenvalue weighted by Gasteiger charge is -2.05. The van der Waals surface area contributed by atoms with Gasteiger partial charge in [0.1, 0.15) is 11.3 Å². The molecule has 0 saturated heterocycles. The monoisotopic (exact) mass is 357 g/mol. The van der Waals surface area contributed by atoms with E-state index in [-0.39, 0.29) is 17.2 Å². The van der Waals surface area contributed by atoms with E-state index in [1.165, 1.54) is 36.0 Å². The minimum Gasteiger partial charge on any atom is -0.426 e. The lowest BCUT2D eigenvalue weighted by molar-refractivity contribution is -0.384. The molecule has 0 atom stereocenters. The summed E-state index contributed by atoms with van der Waals surface area (Å²) in [5.74, 6) is -0.175. The van der Waals surface area contributed by atoms with Gasteiger partial charge in [0.2, 0.25) is 0 Å². The molecule has 0 aliphatic carbocycles. The fourth-order valence-electron chi connectivity index (χ4n) is 2.07. The van der Waals surface area contributed by atoms with Crippen molar-refractivity contribution in [1.29, 1.82) is 0 Å². The van der Waals surface area contributed by atoms with E-state index in [1.807, 2.05) is 0 Å². The first kappa shape index (κ1) is 16.7. The van der Waals surface area contributed by atoms with Gasteiger partial charge in [-0.15, -0.1) is 11.8 Å². The first-order valence-corrected chi connectivity index (χ1v) is 8.12. The zero-order valence-corrected chi connectivity index (χ0v) is 13.5. The summed E-state index contributed by atoms with van der Waals surface area (Å²) in [6.07, 6.45) is 0. The molecule has 0 aliphatic heterocycles. The molecule has 0 aliphatic rings. The van der Waals surface area contributed by atoms with Crippen LogP contribution in [0.15, 0.2) is 68.7 Å². The summed E-state index contributed by atoms with van der Waals surface area (Å²) < 4.78 is 10.3. The van der Waals surface area contributed by atoms with E-state index < -0.39 is 16.5 Å². The molecule has 0 amide bonds. The first-order chi connectivity index (χ1) is 12.0. The molecule has 3 aromatic rings. The molecule has 1 aromatic heterocycles. The highest BCUT2D eigenvalue weighted by Crippen LogP contribution is 2.23. The molecule has 3 rings (SSSR count). The van der Waals surface area contributed by atoms with Gasteiger partial charge >= 0.3 is 11.6 Å². The van der Waals surface area contributed by atoms with Crippen LogP contribution in [-0.2, 0) is 4.79 Å². The molecule has 7 nitrogen and oxygen atoms in total. The molecule has 0 unspecified atom stereocenters. The lowest BCUT2D eigenvalue weighted by Crippen LogP contribution is -2.10. The van der Waals surface area contributed by atoms with E-state index in [0.29, 0.717) is 10.5 Å². The zero-order chi connectivity index (χ0) is 17.8. The second-order valence-corrected chi connectivity index (χ2v) is 6.02. The van der Waals surface area contributed by atoms with Gasteiger partial charge in [-0.2, -0.15) is 0 Å². The van der Waals surface area contributed by atoms with Crippen LogP contribution in [0.5, 0.6) is 5.75 Å². The van der Waals surface area contributed by atoms with Crippen LogP contribution in [0, 0.1) is 10.1 Å². The van der Waals surface area contributed by atoms with Crippen LogP contribution in [0.2, 0.25) is 0 Å². The van der Waals surface area contributed by atoms with Crippen molar-refractivity contribution in [1.82, 2.24) is 0 Å². The third-order valence-corrected chi connectivity index (χ3v) is 4.22. The first-order valence-electron chi connectivity index (χ1n) is 7.13. The third-order valence-electron chi connectivity index (χ3n) is 3.23. The number of nitrogens with zero attached hydrogens (tertiary/aromatic N) is 1. The molecule has 126 valence electrons. The quantitative estimate of drug-likeness (QED) is 0.172. The SMILES string of the molecule is O=C(CSc1ccc([N+](=O)[O-])cc1)Oc1ccc2ccc(=O)oc2c1. The predicted octanol–water partition coefficient (Wildman–Crippen LogP) is 3.40. The largest absolute Gasteiger partial charge is 0.426 e. The summed E-state index contributed by atoms with van der Waals surface area (Å²) >= 11 is 1.20. The molecule has 0 bridgehead atoms. The average Bonchev–Trinajstić information content (AvgIpc) is 2.60. The van der Waals surface area contributed by atoms with Gasteiger partial charge in [0.15, 0.2) is 0 Å². The van der Waals surface area contributed by atoms with Crippen molar-refractivity contribution < 1.29 is 18.9 Å². The number of esters is 1. The highest BCUT2D eigenvalue weighted by atomic mass is 32.2. The van der Waals surface area contributed by atoms with Gasteiger partial charge in [0.25, 0.3) is 5.69 Å². The summed E-state index contributed by atoms with van der Waals surface area (Å²) in [6.45, 7) is 0. The minimum absolute atomic E-state index is 0.00965. The van der Waals surface area contributed by atoms with Crippen LogP contribution in [0.1, 0.15) is 0 Å². The number of nitro groups is 1. The fraction of sp³-hybridized carbons (Fsp3) is 0.0588. The standard InChI is InChI=1S/C17H11NO6S/c19-16-8-2-11-1-5-13(9-15(11)24-16)23-17(20)10-25-14-6-3-12(4-7-14)18(21)22/h1-9H,10H2. The van der Waals surface area contributed by atoms with Gasteiger partial charge in [-0.25, -0.2) is 4.79 Å². The molecule has 25 heavy (non-hydrogen) atoms. The van der Waals surface area contributed by atoms with Crippen LogP contribution in [0.25, 0.3) is 11.0 Å². The molecule has 8 heteroatoms. The average molecular weight is 357 g/mol. The number of non-ortho nitro benzene ring substituents is 1. The Kier molecular flexibility index (Phi) is 4.80. The minimum atomic E-state index is -0.485. The summed E-state index contributed by atoms with van der Waals surface area (Å²) in [6, 6.07) is 13.6. The Bertz CT molecular complexity index is 996. The molecule has 0 saturated carbocycles. The number of carbonyl (C=O) groups excluding carboxylic acids is 1. The van der Waals surface area contributed by atoms with Crippen molar-refractivity contribution in [3.05, 3.63) is 75.1 Å². The number of hydrogen-bond acceptors (Lipinski definition) is 7. The maximum absolute atomic E-state index is 11.9. The number of thioether (sulfide) groups is 1. The van der Waals surface area contributed by atoms with E-state index >= 15 is 0 Å². The predicted molar refractivity (Wildman–Crippen MR) is 91.9 cm³/mol. The van der Waals surface area contributed by atoms with Gasteiger partial charge in [0, 0.05) is 34.5 Å². The Hall–Kier alpha value is -3.13. The Morgan fingerprint density at radius 1 is 1.12 bits per heavy atom. The van der Waals surface area contributed by atoms with Crippen LogP contribution in [0.4, 0.5) is 5.69 Å². The van der Waals surface area contributed by atoms with E-state index in [0.717, 1.165) is 5.39 Å². The molecule has 1 heterocycles. The Morgan fingerprint density at radius 2 is 1.84 bits per heavy atom. The Labute approximate surface area is 145 Å². The summed E-state index contributed by atoms with van der Waals surface area (Å²) in [5.41, 5.74) is -0.157. The van der Waals surface area contributed by atoms with Crippen molar-refractivity contribution >= 4 is 34.4 Å². The lowest BCUT2D eigenvalue weighted by atomic mass is 10.2. The molecule has 0 radical (unpaired) electrons.